The van der Waals surface area contributed by atoms with E-state index >= 15 is 0 Å². The number of aromatic nitrogens is 3. The number of anilines is 1. The molecule has 0 fully saturated rings. The summed E-state index contributed by atoms with van der Waals surface area (Å²) in [5, 5.41) is 12.9. The molecule has 0 bridgehead atoms. The number of aryl methyl sites for hydroxylation is 1. The first-order chi connectivity index (χ1) is 13.6. The van der Waals surface area contributed by atoms with Crippen molar-refractivity contribution in [3.63, 3.8) is 0 Å². The van der Waals surface area contributed by atoms with Gasteiger partial charge in [-0.1, -0.05) is 12.7 Å². The Bertz CT molecular complexity index is 1270. The predicted molar refractivity (Wildman–Crippen MR) is 115 cm³/mol. The molecule has 1 aliphatic rings. The third kappa shape index (κ3) is 2.43. The molecule has 0 aliphatic carbocycles. The molecule has 0 saturated carbocycles. The highest BCUT2D eigenvalue weighted by molar-refractivity contribution is 7.21. The topological polar surface area (TPSA) is 71.8 Å². The van der Waals surface area contributed by atoms with E-state index < -0.39 is 0 Å². The second-order valence-corrected chi connectivity index (χ2v) is 8.09. The number of pyridine rings is 1. The van der Waals surface area contributed by atoms with Gasteiger partial charge in [0.2, 0.25) is 0 Å². The number of amides is 1. The molecule has 2 N–H and O–H groups in total. The minimum atomic E-state index is -0.0167. The molecule has 28 heavy (non-hydrogen) atoms. The standard InChI is InChI=1S/C21H19N5OS/c1-4-12-10-23-26(3)19(12)15-6-5-13-14(25-15)7-8-16-17(13)18-20(28-16)21(27)24-11(2)9-22-18/h4-8,10-11,22H,1,9H2,2-3H3,(H,24,27)/t11-/m1/s1. The highest BCUT2D eigenvalue weighted by Gasteiger charge is 2.25. The molecule has 1 atom stereocenters. The number of rotatable bonds is 2. The van der Waals surface area contributed by atoms with Crippen LogP contribution >= 0.6 is 11.3 Å². The van der Waals surface area contributed by atoms with Gasteiger partial charge in [0, 0.05) is 40.7 Å². The minimum Gasteiger partial charge on any atom is -0.381 e. The van der Waals surface area contributed by atoms with E-state index in [0.717, 1.165) is 48.5 Å². The Balaban J connectivity index is 1.75. The van der Waals surface area contributed by atoms with Gasteiger partial charge in [-0.25, -0.2) is 4.98 Å². The summed E-state index contributed by atoms with van der Waals surface area (Å²) in [4.78, 5) is 18.2. The van der Waals surface area contributed by atoms with Gasteiger partial charge in [0.1, 0.15) is 4.88 Å². The average Bonchev–Trinajstić information content (AvgIpc) is 3.22. The molecular formula is C21H19N5OS. The predicted octanol–water partition coefficient (Wildman–Crippen LogP) is 4.04. The first-order valence-electron chi connectivity index (χ1n) is 9.12. The SMILES string of the molecule is C=Cc1cnn(C)c1-c1ccc2c(ccc3sc4c(c32)NC[C@@H](C)NC4=O)n1. The van der Waals surface area contributed by atoms with Gasteiger partial charge < -0.3 is 10.6 Å². The van der Waals surface area contributed by atoms with Gasteiger partial charge in [-0.05, 0) is 31.2 Å². The summed E-state index contributed by atoms with van der Waals surface area (Å²) in [6, 6.07) is 8.24. The maximum atomic E-state index is 12.6. The Morgan fingerprint density at radius 2 is 2.18 bits per heavy atom. The summed E-state index contributed by atoms with van der Waals surface area (Å²) >= 11 is 1.52. The third-order valence-corrected chi connectivity index (χ3v) is 6.27. The summed E-state index contributed by atoms with van der Waals surface area (Å²) in [5.41, 5.74) is 4.54. The Hall–Kier alpha value is -3.19. The fourth-order valence-electron chi connectivity index (χ4n) is 3.77. The number of hydrogen-bond acceptors (Lipinski definition) is 5. The van der Waals surface area contributed by atoms with Crippen LogP contribution in [0.2, 0.25) is 0 Å². The van der Waals surface area contributed by atoms with Gasteiger partial charge in [0.05, 0.1) is 28.8 Å². The molecule has 0 unspecified atom stereocenters. The Morgan fingerprint density at radius 3 is 3.00 bits per heavy atom. The quantitative estimate of drug-likeness (QED) is 0.543. The van der Waals surface area contributed by atoms with Crippen LogP contribution in [0.5, 0.6) is 0 Å². The largest absolute Gasteiger partial charge is 0.381 e. The van der Waals surface area contributed by atoms with E-state index in [4.69, 9.17) is 4.98 Å². The lowest BCUT2D eigenvalue weighted by Gasteiger charge is -2.10. The first kappa shape index (κ1) is 16.9. The zero-order valence-electron chi connectivity index (χ0n) is 15.6. The molecule has 0 spiro atoms. The van der Waals surface area contributed by atoms with E-state index in [-0.39, 0.29) is 11.9 Å². The molecule has 7 heteroatoms. The van der Waals surface area contributed by atoms with Crippen LogP contribution in [0.15, 0.2) is 37.0 Å². The number of carbonyl (C=O) groups excluding carboxylic acids is 1. The minimum absolute atomic E-state index is 0.0167. The monoisotopic (exact) mass is 389 g/mol. The van der Waals surface area contributed by atoms with E-state index in [1.165, 1.54) is 11.3 Å². The Labute approximate surface area is 165 Å². The Morgan fingerprint density at radius 1 is 1.32 bits per heavy atom. The van der Waals surface area contributed by atoms with Crippen LogP contribution in [0.4, 0.5) is 5.69 Å². The molecule has 0 radical (unpaired) electrons. The van der Waals surface area contributed by atoms with Gasteiger partial charge in [-0.3, -0.25) is 9.48 Å². The summed E-state index contributed by atoms with van der Waals surface area (Å²) in [6.45, 7) is 6.57. The van der Waals surface area contributed by atoms with Gasteiger partial charge in [0.25, 0.3) is 5.91 Å². The first-order valence-corrected chi connectivity index (χ1v) is 9.94. The van der Waals surface area contributed by atoms with Crippen molar-refractivity contribution in [2.24, 2.45) is 7.05 Å². The number of nitrogens with one attached hydrogen (secondary N) is 2. The van der Waals surface area contributed by atoms with E-state index in [1.807, 2.05) is 36.9 Å². The number of fused-ring (bicyclic) bond motifs is 5. The molecule has 6 nitrogen and oxygen atoms in total. The molecular weight excluding hydrogens is 370 g/mol. The molecule has 4 heterocycles. The maximum Gasteiger partial charge on any atom is 0.263 e. The van der Waals surface area contributed by atoms with E-state index in [9.17, 15) is 4.79 Å². The fourth-order valence-corrected chi connectivity index (χ4v) is 4.87. The molecule has 1 aliphatic heterocycles. The second-order valence-electron chi connectivity index (χ2n) is 7.04. The van der Waals surface area contributed by atoms with E-state index in [2.05, 4.69) is 28.4 Å². The second kappa shape index (κ2) is 6.17. The number of hydrogen-bond donors (Lipinski definition) is 2. The van der Waals surface area contributed by atoms with Crippen LogP contribution in [-0.4, -0.2) is 33.3 Å². The molecule has 1 amide bonds. The van der Waals surface area contributed by atoms with Crippen LogP contribution in [0, 0.1) is 0 Å². The van der Waals surface area contributed by atoms with Crippen LogP contribution in [0.25, 0.3) is 38.5 Å². The molecule has 4 aromatic rings. The third-order valence-electron chi connectivity index (χ3n) is 5.12. The van der Waals surface area contributed by atoms with E-state index in [0.29, 0.717) is 6.54 Å². The van der Waals surface area contributed by atoms with Crippen molar-refractivity contribution in [3.05, 3.63) is 47.5 Å². The van der Waals surface area contributed by atoms with Crippen LogP contribution in [0.1, 0.15) is 22.2 Å². The Kier molecular flexibility index (Phi) is 3.73. The highest BCUT2D eigenvalue weighted by atomic mass is 32.1. The lowest BCUT2D eigenvalue weighted by molar-refractivity contribution is 0.0949. The summed E-state index contributed by atoms with van der Waals surface area (Å²) in [6.07, 6.45) is 3.58. The number of thiophene rings is 1. The lowest BCUT2D eigenvalue weighted by Crippen LogP contribution is -2.34. The number of benzene rings is 1. The number of nitrogens with zero attached hydrogens (tertiary/aromatic N) is 3. The van der Waals surface area contributed by atoms with E-state index in [1.54, 1.807) is 12.3 Å². The zero-order valence-corrected chi connectivity index (χ0v) is 16.4. The maximum absolute atomic E-state index is 12.6. The average molecular weight is 389 g/mol. The molecule has 140 valence electrons. The van der Waals surface area contributed by atoms with Crippen molar-refractivity contribution in [1.82, 2.24) is 20.1 Å². The van der Waals surface area contributed by atoms with Crippen molar-refractivity contribution in [2.45, 2.75) is 13.0 Å². The molecule has 1 aromatic carbocycles. The molecule has 5 rings (SSSR count). The normalized spacial score (nSPS) is 16.5. The molecule has 3 aromatic heterocycles. The van der Waals surface area contributed by atoms with Crippen molar-refractivity contribution in [3.8, 4) is 11.4 Å². The summed E-state index contributed by atoms with van der Waals surface area (Å²) in [7, 11) is 1.90. The highest BCUT2D eigenvalue weighted by Crippen LogP contribution is 2.41. The van der Waals surface area contributed by atoms with Crippen LogP contribution < -0.4 is 10.6 Å². The van der Waals surface area contributed by atoms with Crippen molar-refractivity contribution < 1.29 is 4.79 Å². The van der Waals surface area contributed by atoms with Gasteiger partial charge in [0.15, 0.2) is 0 Å². The lowest BCUT2D eigenvalue weighted by atomic mass is 10.1. The van der Waals surface area contributed by atoms with Crippen LogP contribution in [-0.2, 0) is 7.05 Å². The van der Waals surface area contributed by atoms with Crippen molar-refractivity contribution in [1.29, 1.82) is 0 Å². The summed E-state index contributed by atoms with van der Waals surface area (Å²) in [5.74, 6) is -0.0167. The number of carbonyl (C=O) groups is 1. The van der Waals surface area contributed by atoms with Crippen molar-refractivity contribution in [2.75, 3.05) is 11.9 Å². The van der Waals surface area contributed by atoms with Gasteiger partial charge in [-0.15, -0.1) is 11.3 Å². The summed E-state index contributed by atoms with van der Waals surface area (Å²) < 4.78 is 2.89. The van der Waals surface area contributed by atoms with Crippen molar-refractivity contribution >= 4 is 50.0 Å². The fraction of sp³-hybridized carbons (Fsp3) is 0.190. The van der Waals surface area contributed by atoms with Gasteiger partial charge in [-0.2, -0.15) is 5.10 Å². The van der Waals surface area contributed by atoms with Crippen LogP contribution in [0.3, 0.4) is 0 Å². The van der Waals surface area contributed by atoms with Gasteiger partial charge >= 0.3 is 0 Å². The zero-order chi connectivity index (χ0) is 19.4. The molecule has 0 saturated heterocycles. The smallest absolute Gasteiger partial charge is 0.263 e.